The third-order valence-corrected chi connectivity index (χ3v) is 4.66. The summed E-state index contributed by atoms with van der Waals surface area (Å²) in [6.45, 7) is 0.0421. The molecule has 8 heteroatoms. The maximum Gasteiger partial charge on any atom is 0.420 e. The number of rotatable bonds is 6. The molecule has 1 heterocycles. The van der Waals surface area contributed by atoms with Crippen LogP contribution in [0.3, 0.4) is 0 Å². The van der Waals surface area contributed by atoms with Crippen molar-refractivity contribution in [1.29, 1.82) is 0 Å². The van der Waals surface area contributed by atoms with Crippen LogP contribution in [0.2, 0.25) is 0 Å². The lowest BCUT2D eigenvalue weighted by molar-refractivity contribution is -0.121. The molecule has 4 aromatic rings. The van der Waals surface area contributed by atoms with Crippen molar-refractivity contribution in [2.75, 3.05) is 5.32 Å². The van der Waals surface area contributed by atoms with Crippen LogP contribution in [-0.4, -0.2) is 16.4 Å². The largest absolute Gasteiger partial charge is 0.420 e. The van der Waals surface area contributed by atoms with Gasteiger partial charge in [-0.3, -0.25) is 14.2 Å². The van der Waals surface area contributed by atoms with E-state index in [1.54, 1.807) is 48.5 Å². The van der Waals surface area contributed by atoms with Gasteiger partial charge in [0, 0.05) is 17.8 Å². The lowest BCUT2D eigenvalue weighted by Crippen LogP contribution is -2.30. The number of fused-ring (bicyclic) bond motifs is 1. The van der Waals surface area contributed by atoms with Crippen LogP contribution in [0.5, 0.6) is 0 Å². The Bertz CT molecular complexity index is 1310. The van der Waals surface area contributed by atoms with Crippen LogP contribution in [-0.2, 0) is 17.9 Å². The second kappa shape index (κ2) is 8.66. The summed E-state index contributed by atoms with van der Waals surface area (Å²) in [5.41, 5.74) is 2.60. The SMILES string of the molecule is O=C(Cn1c(=O)oc2ccccc21)NCc1cccc(NC(=O)c2ccc(F)cc2)c1. The molecule has 0 bridgehead atoms. The van der Waals surface area contributed by atoms with Gasteiger partial charge in [0.25, 0.3) is 5.91 Å². The minimum absolute atomic E-state index is 0.170. The predicted octanol–water partition coefficient (Wildman–Crippen LogP) is 3.30. The molecule has 1 aromatic heterocycles. The molecule has 0 radical (unpaired) electrons. The van der Waals surface area contributed by atoms with E-state index >= 15 is 0 Å². The quantitative estimate of drug-likeness (QED) is 0.502. The van der Waals surface area contributed by atoms with E-state index in [1.165, 1.54) is 28.8 Å². The first-order chi connectivity index (χ1) is 15.0. The Morgan fingerprint density at radius 3 is 2.55 bits per heavy atom. The number of aromatic nitrogens is 1. The van der Waals surface area contributed by atoms with Crippen molar-refractivity contribution in [3.8, 4) is 0 Å². The molecule has 0 aliphatic carbocycles. The number of amides is 2. The van der Waals surface area contributed by atoms with Gasteiger partial charge < -0.3 is 15.1 Å². The van der Waals surface area contributed by atoms with E-state index in [-0.39, 0.29) is 24.9 Å². The standard InChI is InChI=1S/C23H18FN3O4/c24-17-10-8-16(9-11-17)22(29)26-18-5-3-4-15(12-18)13-25-21(28)14-27-19-6-1-2-7-20(19)31-23(27)30/h1-12H,13-14H2,(H,25,28)(H,26,29). The Morgan fingerprint density at radius 2 is 1.74 bits per heavy atom. The number of nitrogens with one attached hydrogen (secondary N) is 2. The summed E-state index contributed by atoms with van der Waals surface area (Å²) in [5.74, 6) is -1.73. The highest BCUT2D eigenvalue weighted by Crippen LogP contribution is 2.14. The van der Waals surface area contributed by atoms with Gasteiger partial charge in [0.1, 0.15) is 12.4 Å². The van der Waals surface area contributed by atoms with Gasteiger partial charge in [-0.1, -0.05) is 24.3 Å². The van der Waals surface area contributed by atoms with Gasteiger partial charge in [-0.2, -0.15) is 0 Å². The van der Waals surface area contributed by atoms with Crippen molar-refractivity contribution < 1.29 is 18.4 Å². The van der Waals surface area contributed by atoms with E-state index in [0.717, 1.165) is 5.56 Å². The highest BCUT2D eigenvalue weighted by molar-refractivity contribution is 6.04. The van der Waals surface area contributed by atoms with Crippen molar-refractivity contribution in [2.45, 2.75) is 13.1 Å². The maximum absolute atomic E-state index is 13.0. The Kier molecular flexibility index (Phi) is 5.61. The molecule has 0 atom stereocenters. The zero-order valence-corrected chi connectivity index (χ0v) is 16.3. The first kappa shape index (κ1) is 20.1. The van der Waals surface area contributed by atoms with Crippen molar-refractivity contribution in [3.63, 3.8) is 0 Å². The van der Waals surface area contributed by atoms with Gasteiger partial charge in [-0.25, -0.2) is 9.18 Å². The fourth-order valence-electron chi connectivity index (χ4n) is 3.13. The van der Waals surface area contributed by atoms with E-state index in [0.29, 0.717) is 22.4 Å². The number of hydrogen-bond donors (Lipinski definition) is 2. The molecule has 4 rings (SSSR count). The van der Waals surface area contributed by atoms with Crippen LogP contribution in [0.15, 0.2) is 82.0 Å². The number of carbonyl (C=O) groups is 2. The monoisotopic (exact) mass is 419 g/mol. The average Bonchev–Trinajstić information content (AvgIpc) is 3.08. The highest BCUT2D eigenvalue weighted by Gasteiger charge is 2.12. The highest BCUT2D eigenvalue weighted by atomic mass is 19.1. The number of nitrogens with zero attached hydrogens (tertiary/aromatic N) is 1. The minimum atomic E-state index is -0.596. The lowest BCUT2D eigenvalue weighted by atomic mass is 10.1. The number of hydrogen-bond acceptors (Lipinski definition) is 4. The second-order valence-electron chi connectivity index (χ2n) is 6.86. The number of benzene rings is 3. The number of oxazole rings is 1. The van der Waals surface area contributed by atoms with Gasteiger partial charge >= 0.3 is 5.76 Å². The van der Waals surface area contributed by atoms with Crippen LogP contribution < -0.4 is 16.4 Å². The molecule has 7 nitrogen and oxygen atoms in total. The van der Waals surface area contributed by atoms with E-state index in [1.807, 2.05) is 0 Å². The first-order valence-electron chi connectivity index (χ1n) is 9.50. The van der Waals surface area contributed by atoms with E-state index < -0.39 is 11.6 Å². The van der Waals surface area contributed by atoms with Gasteiger partial charge in [-0.05, 0) is 54.1 Å². The molecule has 0 aliphatic rings. The molecule has 0 saturated carbocycles. The molecule has 3 aromatic carbocycles. The van der Waals surface area contributed by atoms with Gasteiger partial charge in [-0.15, -0.1) is 0 Å². The molecule has 156 valence electrons. The normalized spacial score (nSPS) is 10.7. The van der Waals surface area contributed by atoms with Crippen LogP contribution in [0.4, 0.5) is 10.1 Å². The topological polar surface area (TPSA) is 93.3 Å². The lowest BCUT2D eigenvalue weighted by Gasteiger charge is -2.09. The summed E-state index contributed by atoms with van der Waals surface area (Å²) < 4.78 is 19.4. The van der Waals surface area contributed by atoms with Crippen LogP contribution >= 0.6 is 0 Å². The molecule has 0 saturated heterocycles. The number of carbonyl (C=O) groups excluding carboxylic acids is 2. The summed E-state index contributed by atoms with van der Waals surface area (Å²) in [6, 6.07) is 19.1. The Hall–Kier alpha value is -4.20. The zero-order valence-electron chi connectivity index (χ0n) is 16.3. The molecule has 31 heavy (non-hydrogen) atoms. The van der Waals surface area contributed by atoms with E-state index in [2.05, 4.69) is 10.6 Å². The van der Waals surface area contributed by atoms with Gasteiger partial charge in [0.05, 0.1) is 5.52 Å². The average molecular weight is 419 g/mol. The molecule has 2 N–H and O–H groups in total. The summed E-state index contributed by atoms with van der Waals surface area (Å²) in [7, 11) is 0. The number of para-hydroxylation sites is 2. The van der Waals surface area contributed by atoms with Crippen molar-refractivity contribution in [1.82, 2.24) is 9.88 Å². The fraction of sp³-hybridized carbons (Fsp3) is 0.0870. The maximum atomic E-state index is 13.0. The molecule has 0 spiro atoms. The summed E-state index contributed by atoms with van der Waals surface area (Å²) in [5, 5.41) is 5.49. The van der Waals surface area contributed by atoms with E-state index in [9.17, 15) is 18.8 Å². The van der Waals surface area contributed by atoms with Crippen LogP contribution in [0, 0.1) is 5.82 Å². The van der Waals surface area contributed by atoms with Crippen molar-refractivity contribution in [2.24, 2.45) is 0 Å². The van der Waals surface area contributed by atoms with Crippen LogP contribution in [0.1, 0.15) is 15.9 Å². The van der Waals surface area contributed by atoms with Crippen molar-refractivity contribution >= 4 is 28.6 Å². The second-order valence-corrected chi connectivity index (χ2v) is 6.86. The Labute approximate surface area is 176 Å². The van der Waals surface area contributed by atoms with Gasteiger partial charge in [0.15, 0.2) is 5.58 Å². The predicted molar refractivity (Wildman–Crippen MR) is 113 cm³/mol. The third-order valence-electron chi connectivity index (χ3n) is 4.66. The number of anilines is 1. The van der Waals surface area contributed by atoms with Gasteiger partial charge in [0.2, 0.25) is 5.91 Å². The molecule has 0 unspecified atom stereocenters. The smallest absolute Gasteiger partial charge is 0.408 e. The molecule has 2 amide bonds. The molecule has 0 fully saturated rings. The summed E-state index contributed by atoms with van der Waals surface area (Å²) in [6.07, 6.45) is 0. The first-order valence-corrected chi connectivity index (χ1v) is 9.50. The fourth-order valence-corrected chi connectivity index (χ4v) is 3.13. The minimum Gasteiger partial charge on any atom is -0.408 e. The van der Waals surface area contributed by atoms with Crippen LogP contribution in [0.25, 0.3) is 11.1 Å². The Morgan fingerprint density at radius 1 is 0.968 bits per heavy atom. The molecular formula is C23H18FN3O4. The third kappa shape index (κ3) is 4.69. The molecule has 0 aliphatic heterocycles. The Balaban J connectivity index is 1.38. The number of halogens is 1. The van der Waals surface area contributed by atoms with Crippen molar-refractivity contribution in [3.05, 3.63) is 100 Å². The zero-order chi connectivity index (χ0) is 21.8. The summed E-state index contributed by atoms with van der Waals surface area (Å²) >= 11 is 0. The summed E-state index contributed by atoms with van der Waals surface area (Å²) in [4.78, 5) is 36.6. The molecular weight excluding hydrogens is 401 g/mol. The van der Waals surface area contributed by atoms with E-state index in [4.69, 9.17) is 4.42 Å².